The molecule has 5 heteroatoms. The summed E-state index contributed by atoms with van der Waals surface area (Å²) < 4.78 is 0. The second-order valence-electron chi connectivity index (χ2n) is 2.62. The van der Waals surface area contributed by atoms with Crippen LogP contribution in [0.25, 0.3) is 0 Å². The molecule has 2 atom stereocenters. The standard InChI is InChI=1S/C6H14O5/c1-6(11,4(9)2-7)5(10)3-8/h4-5,7-11H,2-3H2,1H3/t4-,5-/m1/s1. The maximum Gasteiger partial charge on any atom is 0.118 e. The first-order chi connectivity index (χ1) is 4.96. The molecule has 0 unspecified atom stereocenters. The van der Waals surface area contributed by atoms with Gasteiger partial charge in [0.05, 0.1) is 13.2 Å². The zero-order chi connectivity index (χ0) is 9.07. The number of aliphatic hydroxyl groups excluding tert-OH is 4. The van der Waals surface area contributed by atoms with E-state index in [2.05, 4.69) is 0 Å². The number of hydrogen-bond acceptors (Lipinski definition) is 5. The maximum absolute atomic E-state index is 9.23. The van der Waals surface area contributed by atoms with Gasteiger partial charge in [-0.15, -0.1) is 0 Å². The Kier molecular flexibility index (Phi) is 3.91. The first-order valence-corrected chi connectivity index (χ1v) is 3.27. The van der Waals surface area contributed by atoms with Crippen LogP contribution in [0.5, 0.6) is 0 Å². The van der Waals surface area contributed by atoms with Crippen LogP contribution in [0.3, 0.4) is 0 Å². The van der Waals surface area contributed by atoms with Crippen molar-refractivity contribution in [3.05, 3.63) is 0 Å². The third-order valence-electron chi connectivity index (χ3n) is 1.70. The van der Waals surface area contributed by atoms with Crippen LogP contribution in [-0.4, -0.2) is 56.6 Å². The predicted octanol–water partition coefficient (Wildman–Crippen LogP) is -2.56. The lowest BCUT2D eigenvalue weighted by Crippen LogP contribution is -2.52. The molecule has 5 N–H and O–H groups in total. The second-order valence-corrected chi connectivity index (χ2v) is 2.62. The van der Waals surface area contributed by atoms with Gasteiger partial charge in [0.25, 0.3) is 0 Å². The van der Waals surface area contributed by atoms with E-state index in [1.165, 1.54) is 0 Å². The van der Waals surface area contributed by atoms with E-state index in [4.69, 9.17) is 20.4 Å². The minimum absolute atomic E-state index is 0.663. The van der Waals surface area contributed by atoms with Gasteiger partial charge in [0, 0.05) is 0 Å². The zero-order valence-corrected chi connectivity index (χ0v) is 6.30. The molecule has 0 bridgehead atoms. The van der Waals surface area contributed by atoms with Crippen molar-refractivity contribution < 1.29 is 25.5 Å². The SMILES string of the molecule is CC(O)([C@H](O)CO)[C@H](O)CO. The lowest BCUT2D eigenvalue weighted by Gasteiger charge is -2.31. The summed E-state index contributed by atoms with van der Waals surface area (Å²) in [5.74, 6) is 0. The molecule has 68 valence electrons. The lowest BCUT2D eigenvalue weighted by molar-refractivity contribution is -0.156. The molecule has 0 aromatic carbocycles. The smallest absolute Gasteiger partial charge is 0.118 e. The quantitative estimate of drug-likeness (QED) is 0.316. The van der Waals surface area contributed by atoms with Crippen LogP contribution in [0.2, 0.25) is 0 Å². The van der Waals surface area contributed by atoms with Crippen molar-refractivity contribution in [1.82, 2.24) is 0 Å². The van der Waals surface area contributed by atoms with E-state index in [0.717, 1.165) is 6.92 Å². The maximum atomic E-state index is 9.23. The van der Waals surface area contributed by atoms with Crippen LogP contribution >= 0.6 is 0 Å². The molecule has 0 rings (SSSR count). The fraction of sp³-hybridized carbons (Fsp3) is 1.00. The molecule has 0 saturated carbocycles. The molecule has 0 spiro atoms. The summed E-state index contributed by atoms with van der Waals surface area (Å²) in [6, 6.07) is 0. The van der Waals surface area contributed by atoms with Crippen LogP contribution < -0.4 is 0 Å². The molecule has 0 fully saturated rings. The van der Waals surface area contributed by atoms with Gasteiger partial charge in [-0.05, 0) is 6.92 Å². The third kappa shape index (κ3) is 2.39. The number of hydrogen-bond donors (Lipinski definition) is 5. The van der Waals surface area contributed by atoms with Gasteiger partial charge >= 0.3 is 0 Å². The average molecular weight is 166 g/mol. The van der Waals surface area contributed by atoms with E-state index in [9.17, 15) is 5.11 Å². The fourth-order valence-corrected chi connectivity index (χ4v) is 0.592. The zero-order valence-electron chi connectivity index (χ0n) is 6.30. The van der Waals surface area contributed by atoms with E-state index < -0.39 is 31.0 Å². The molecule has 0 aliphatic heterocycles. The molecule has 11 heavy (non-hydrogen) atoms. The Bertz CT molecular complexity index is 102. The van der Waals surface area contributed by atoms with Gasteiger partial charge in [0.1, 0.15) is 17.8 Å². The Morgan fingerprint density at radius 1 is 1.09 bits per heavy atom. The Morgan fingerprint density at radius 3 is 1.55 bits per heavy atom. The molecule has 0 aromatic rings. The first-order valence-electron chi connectivity index (χ1n) is 3.27. The highest BCUT2D eigenvalue weighted by atomic mass is 16.4. The van der Waals surface area contributed by atoms with E-state index in [1.54, 1.807) is 0 Å². The molecule has 0 heterocycles. The van der Waals surface area contributed by atoms with Crippen molar-refractivity contribution in [3.8, 4) is 0 Å². The van der Waals surface area contributed by atoms with Gasteiger partial charge < -0.3 is 25.5 Å². The molecular formula is C6H14O5. The third-order valence-corrected chi connectivity index (χ3v) is 1.70. The van der Waals surface area contributed by atoms with Crippen LogP contribution in [0, 0.1) is 0 Å². The summed E-state index contributed by atoms with van der Waals surface area (Å²) in [5.41, 5.74) is -1.87. The van der Waals surface area contributed by atoms with Crippen LogP contribution in [0.15, 0.2) is 0 Å². The monoisotopic (exact) mass is 166 g/mol. The largest absolute Gasteiger partial charge is 0.394 e. The summed E-state index contributed by atoms with van der Waals surface area (Å²) in [5, 5.41) is 43.9. The Hall–Kier alpha value is -0.200. The van der Waals surface area contributed by atoms with Crippen LogP contribution in [0.1, 0.15) is 6.92 Å². The summed E-state index contributed by atoms with van der Waals surface area (Å²) >= 11 is 0. The van der Waals surface area contributed by atoms with Gasteiger partial charge in [-0.1, -0.05) is 0 Å². The Balaban J connectivity index is 4.18. The van der Waals surface area contributed by atoms with Gasteiger partial charge in [-0.2, -0.15) is 0 Å². The van der Waals surface area contributed by atoms with Gasteiger partial charge in [-0.25, -0.2) is 0 Å². The van der Waals surface area contributed by atoms with E-state index in [1.807, 2.05) is 0 Å². The van der Waals surface area contributed by atoms with Crippen molar-refractivity contribution in [2.24, 2.45) is 0 Å². The van der Waals surface area contributed by atoms with Crippen LogP contribution in [0.4, 0.5) is 0 Å². The summed E-state index contributed by atoms with van der Waals surface area (Å²) in [6.45, 7) is -0.192. The highest BCUT2D eigenvalue weighted by Crippen LogP contribution is 2.14. The van der Waals surface area contributed by atoms with E-state index in [-0.39, 0.29) is 0 Å². The molecule has 0 aliphatic carbocycles. The number of aliphatic hydroxyl groups is 5. The van der Waals surface area contributed by atoms with Crippen LogP contribution in [-0.2, 0) is 0 Å². The molecule has 5 nitrogen and oxygen atoms in total. The van der Waals surface area contributed by atoms with Gasteiger partial charge in [0.2, 0.25) is 0 Å². The topological polar surface area (TPSA) is 101 Å². The Morgan fingerprint density at radius 2 is 1.36 bits per heavy atom. The molecule has 0 radical (unpaired) electrons. The summed E-state index contributed by atoms with van der Waals surface area (Å²) in [7, 11) is 0. The minimum Gasteiger partial charge on any atom is -0.394 e. The minimum atomic E-state index is -1.87. The summed E-state index contributed by atoms with van der Waals surface area (Å²) in [4.78, 5) is 0. The molecule has 0 amide bonds. The Labute approximate surface area is 64.5 Å². The van der Waals surface area contributed by atoms with E-state index >= 15 is 0 Å². The van der Waals surface area contributed by atoms with Crippen molar-refractivity contribution in [3.63, 3.8) is 0 Å². The first kappa shape index (κ1) is 10.8. The fourth-order valence-electron chi connectivity index (χ4n) is 0.592. The van der Waals surface area contributed by atoms with Crippen molar-refractivity contribution >= 4 is 0 Å². The molecule has 0 saturated heterocycles. The van der Waals surface area contributed by atoms with Crippen molar-refractivity contribution in [2.75, 3.05) is 13.2 Å². The second kappa shape index (κ2) is 3.99. The van der Waals surface area contributed by atoms with Crippen molar-refractivity contribution in [2.45, 2.75) is 24.7 Å². The number of rotatable bonds is 4. The molecule has 0 aromatic heterocycles. The predicted molar refractivity (Wildman–Crippen MR) is 36.8 cm³/mol. The average Bonchev–Trinajstić information content (AvgIpc) is 2.01. The highest BCUT2D eigenvalue weighted by molar-refractivity contribution is 4.88. The lowest BCUT2D eigenvalue weighted by atomic mass is 9.93. The van der Waals surface area contributed by atoms with Crippen molar-refractivity contribution in [1.29, 1.82) is 0 Å². The molecular weight excluding hydrogens is 152 g/mol. The highest BCUT2D eigenvalue weighted by Gasteiger charge is 2.37. The normalized spacial score (nSPS) is 18.0. The molecule has 0 aliphatic rings. The van der Waals surface area contributed by atoms with Gasteiger partial charge in [-0.3, -0.25) is 0 Å². The van der Waals surface area contributed by atoms with Gasteiger partial charge in [0.15, 0.2) is 0 Å². The summed E-state index contributed by atoms with van der Waals surface area (Å²) in [6.07, 6.45) is -2.91. The van der Waals surface area contributed by atoms with E-state index in [0.29, 0.717) is 0 Å².